The molecule has 0 saturated carbocycles. The lowest BCUT2D eigenvalue weighted by molar-refractivity contribution is -0.123. The van der Waals surface area contributed by atoms with Crippen LogP contribution in [0.5, 0.6) is 5.75 Å². The lowest BCUT2D eigenvalue weighted by Gasteiger charge is -2.03. The van der Waals surface area contributed by atoms with Gasteiger partial charge in [0.2, 0.25) is 0 Å². The van der Waals surface area contributed by atoms with E-state index < -0.39 is 5.91 Å². The minimum atomic E-state index is -0.428. The van der Waals surface area contributed by atoms with Gasteiger partial charge in [-0.2, -0.15) is 0 Å². The summed E-state index contributed by atoms with van der Waals surface area (Å²) in [5.41, 5.74) is 2.23. The van der Waals surface area contributed by atoms with Gasteiger partial charge in [-0.25, -0.2) is 5.84 Å². The van der Waals surface area contributed by atoms with Crippen molar-refractivity contribution in [1.29, 1.82) is 0 Å². The maximum atomic E-state index is 10.7. The third-order valence-electron chi connectivity index (χ3n) is 1.47. The summed E-state index contributed by atoms with van der Waals surface area (Å²) in [6.45, 7) is -0.162. The van der Waals surface area contributed by atoms with Crippen molar-refractivity contribution in [3.05, 3.63) is 29.2 Å². The van der Waals surface area contributed by atoms with Gasteiger partial charge in [0.15, 0.2) is 6.61 Å². The lowest BCUT2D eigenvalue weighted by atomic mass is 10.3. The van der Waals surface area contributed by atoms with Crippen LogP contribution in [-0.4, -0.2) is 12.5 Å². The summed E-state index contributed by atoms with van der Waals surface area (Å²) in [7, 11) is 0. The summed E-state index contributed by atoms with van der Waals surface area (Å²) in [4.78, 5) is 20.7. The van der Waals surface area contributed by atoms with Gasteiger partial charge in [-0.1, -0.05) is 0 Å². The molecule has 1 amide bonds. The molecule has 0 heterocycles. The molecule has 6 heteroatoms. The highest BCUT2D eigenvalue weighted by molar-refractivity contribution is 5.76. The van der Waals surface area contributed by atoms with E-state index in [0.29, 0.717) is 11.4 Å². The molecule has 0 saturated heterocycles. The van der Waals surface area contributed by atoms with Crippen LogP contribution in [0.3, 0.4) is 0 Å². The molecule has 0 aliphatic rings. The van der Waals surface area contributed by atoms with Crippen molar-refractivity contribution in [3.8, 4) is 5.75 Å². The van der Waals surface area contributed by atoms with Gasteiger partial charge in [0.05, 0.1) is 0 Å². The number of hydrogen-bond donors (Lipinski definition) is 2. The summed E-state index contributed by atoms with van der Waals surface area (Å²) < 4.78 is 5.02. The molecule has 14 heavy (non-hydrogen) atoms. The Balaban J connectivity index is 2.51. The van der Waals surface area contributed by atoms with Gasteiger partial charge in [0.25, 0.3) is 5.91 Å². The molecule has 6 nitrogen and oxygen atoms in total. The minimum absolute atomic E-state index is 0.162. The van der Waals surface area contributed by atoms with E-state index >= 15 is 0 Å². The van der Waals surface area contributed by atoms with Crippen LogP contribution in [0.1, 0.15) is 0 Å². The first-order valence-corrected chi connectivity index (χ1v) is 3.82. The van der Waals surface area contributed by atoms with Crippen molar-refractivity contribution < 1.29 is 9.53 Å². The Kier molecular flexibility index (Phi) is 3.57. The number of benzene rings is 1. The number of carbonyl (C=O) groups is 1. The summed E-state index contributed by atoms with van der Waals surface area (Å²) in [6, 6.07) is 6.06. The molecule has 1 rings (SSSR count). The second kappa shape index (κ2) is 4.93. The van der Waals surface area contributed by atoms with Crippen molar-refractivity contribution in [1.82, 2.24) is 5.43 Å². The van der Waals surface area contributed by atoms with Crippen molar-refractivity contribution in [3.63, 3.8) is 0 Å². The minimum Gasteiger partial charge on any atom is -0.484 e. The third kappa shape index (κ3) is 2.83. The lowest BCUT2D eigenvalue weighted by Crippen LogP contribution is -2.34. The van der Waals surface area contributed by atoms with E-state index in [1.807, 2.05) is 5.43 Å². The first kappa shape index (κ1) is 10.1. The van der Waals surface area contributed by atoms with Gasteiger partial charge < -0.3 is 4.74 Å². The Morgan fingerprint density at radius 2 is 2.07 bits per heavy atom. The van der Waals surface area contributed by atoms with Gasteiger partial charge in [-0.15, -0.1) is 4.91 Å². The number of hydrogen-bond acceptors (Lipinski definition) is 5. The molecule has 0 unspecified atom stereocenters. The average molecular weight is 195 g/mol. The maximum absolute atomic E-state index is 10.7. The molecule has 3 N–H and O–H groups in total. The fourth-order valence-electron chi connectivity index (χ4n) is 0.794. The fraction of sp³-hybridized carbons (Fsp3) is 0.125. The van der Waals surface area contributed by atoms with E-state index in [2.05, 4.69) is 5.18 Å². The van der Waals surface area contributed by atoms with Gasteiger partial charge in [0.1, 0.15) is 11.4 Å². The Labute approximate surface area is 80.0 Å². The molecule has 0 aliphatic heterocycles. The van der Waals surface area contributed by atoms with E-state index in [4.69, 9.17) is 10.6 Å². The largest absolute Gasteiger partial charge is 0.484 e. The zero-order valence-corrected chi connectivity index (χ0v) is 7.27. The Hall–Kier alpha value is -1.95. The summed E-state index contributed by atoms with van der Waals surface area (Å²) >= 11 is 0. The molecule has 0 bridgehead atoms. The molecule has 0 atom stereocenters. The smallest absolute Gasteiger partial charge is 0.271 e. The molecule has 1 aromatic carbocycles. The Bertz CT molecular complexity index is 323. The molecule has 0 spiro atoms. The van der Waals surface area contributed by atoms with Crippen molar-refractivity contribution in [2.45, 2.75) is 0 Å². The topological polar surface area (TPSA) is 93.8 Å². The van der Waals surface area contributed by atoms with Crippen molar-refractivity contribution in [2.75, 3.05) is 6.61 Å². The number of carbonyl (C=O) groups excluding carboxylic acids is 1. The quantitative estimate of drug-likeness (QED) is 0.315. The Morgan fingerprint density at radius 3 is 2.57 bits per heavy atom. The van der Waals surface area contributed by atoms with E-state index in [-0.39, 0.29) is 6.61 Å². The summed E-state index contributed by atoms with van der Waals surface area (Å²) in [5, 5.41) is 2.72. The second-order valence-electron chi connectivity index (χ2n) is 2.44. The Morgan fingerprint density at radius 1 is 1.43 bits per heavy atom. The molecule has 1 aromatic rings. The molecule has 0 fully saturated rings. The van der Waals surface area contributed by atoms with Crippen LogP contribution < -0.4 is 16.0 Å². The monoisotopic (exact) mass is 195 g/mol. The second-order valence-corrected chi connectivity index (χ2v) is 2.44. The molecule has 0 aliphatic carbocycles. The predicted molar refractivity (Wildman–Crippen MR) is 49.7 cm³/mol. The van der Waals surface area contributed by atoms with Crippen LogP contribution >= 0.6 is 0 Å². The van der Waals surface area contributed by atoms with Crippen LogP contribution in [0.15, 0.2) is 29.4 Å². The van der Waals surface area contributed by atoms with E-state index in [1.54, 1.807) is 12.1 Å². The van der Waals surface area contributed by atoms with Crippen LogP contribution in [0.2, 0.25) is 0 Å². The normalized spacial score (nSPS) is 9.21. The van der Waals surface area contributed by atoms with Crippen molar-refractivity contribution >= 4 is 11.6 Å². The number of nitrogens with zero attached hydrogens (tertiary/aromatic N) is 1. The predicted octanol–water partition coefficient (Wildman–Crippen LogP) is 0.453. The number of ether oxygens (including phenoxy) is 1. The zero-order chi connectivity index (χ0) is 10.4. The zero-order valence-electron chi connectivity index (χ0n) is 7.27. The van der Waals surface area contributed by atoms with Crippen LogP contribution in [0.4, 0.5) is 5.69 Å². The van der Waals surface area contributed by atoms with Crippen LogP contribution in [0, 0.1) is 4.91 Å². The number of nitroso groups, excluding NO2 is 1. The van der Waals surface area contributed by atoms with Gasteiger partial charge >= 0.3 is 0 Å². The maximum Gasteiger partial charge on any atom is 0.271 e. The first-order chi connectivity index (χ1) is 6.76. The molecule has 0 aromatic heterocycles. The fourth-order valence-corrected chi connectivity index (χ4v) is 0.794. The number of nitrogens with one attached hydrogen (secondary N) is 1. The SMILES string of the molecule is NNC(=O)COc1ccc(N=O)cc1. The van der Waals surface area contributed by atoms with E-state index in [1.165, 1.54) is 12.1 Å². The van der Waals surface area contributed by atoms with Crippen molar-refractivity contribution in [2.24, 2.45) is 11.0 Å². The molecular formula is C8H9N3O3. The van der Waals surface area contributed by atoms with Gasteiger partial charge in [-0.05, 0) is 29.4 Å². The number of nitrogens with two attached hydrogens (primary N) is 1. The molecule has 74 valence electrons. The van der Waals surface area contributed by atoms with Crippen LogP contribution in [0.25, 0.3) is 0 Å². The highest BCUT2D eigenvalue weighted by atomic mass is 16.5. The highest BCUT2D eigenvalue weighted by Crippen LogP contribution is 2.17. The highest BCUT2D eigenvalue weighted by Gasteiger charge is 1.99. The first-order valence-electron chi connectivity index (χ1n) is 3.82. The number of rotatable bonds is 4. The molecule has 0 radical (unpaired) electrons. The molecular weight excluding hydrogens is 186 g/mol. The summed E-state index contributed by atoms with van der Waals surface area (Å²) in [6.07, 6.45) is 0. The van der Waals surface area contributed by atoms with E-state index in [0.717, 1.165) is 0 Å². The summed E-state index contributed by atoms with van der Waals surface area (Å²) in [5.74, 6) is 4.89. The standard InChI is InChI=1S/C8H9N3O3/c9-10-8(12)5-14-7-3-1-6(11-13)2-4-7/h1-4H,5,9H2,(H,10,12). The number of hydrazine groups is 1. The average Bonchev–Trinajstić information content (AvgIpc) is 2.26. The van der Waals surface area contributed by atoms with Crippen LogP contribution in [-0.2, 0) is 4.79 Å². The van der Waals surface area contributed by atoms with Gasteiger partial charge in [0, 0.05) is 0 Å². The third-order valence-corrected chi connectivity index (χ3v) is 1.47. The number of amides is 1. The van der Waals surface area contributed by atoms with E-state index in [9.17, 15) is 9.70 Å². The van der Waals surface area contributed by atoms with Gasteiger partial charge in [-0.3, -0.25) is 10.2 Å².